The SMILES string of the molecule is Cc1ccc2c(c1C)OCC2NC(=O)CNS(=O)(=O)c1cn(C)c(C)n1. The predicted octanol–water partition coefficient (Wildman–Crippen LogP) is 0.874. The van der Waals surface area contributed by atoms with Gasteiger partial charge < -0.3 is 14.6 Å². The van der Waals surface area contributed by atoms with Crippen molar-refractivity contribution in [2.24, 2.45) is 7.05 Å². The van der Waals surface area contributed by atoms with E-state index in [0.717, 1.165) is 22.4 Å². The van der Waals surface area contributed by atoms with E-state index in [9.17, 15) is 13.2 Å². The molecule has 1 aromatic heterocycles. The van der Waals surface area contributed by atoms with Crippen LogP contribution >= 0.6 is 0 Å². The second-order valence-corrected chi connectivity index (χ2v) is 8.13. The van der Waals surface area contributed by atoms with E-state index in [1.54, 1.807) is 18.5 Å². The molecule has 1 atom stereocenters. The second kappa shape index (κ2) is 6.73. The first-order valence-corrected chi connectivity index (χ1v) is 9.69. The highest BCUT2D eigenvalue weighted by molar-refractivity contribution is 7.89. The number of rotatable bonds is 5. The van der Waals surface area contributed by atoms with Gasteiger partial charge in [0.15, 0.2) is 5.03 Å². The van der Waals surface area contributed by atoms with E-state index < -0.39 is 15.9 Å². The standard InChI is InChI=1S/C17H22N4O4S/c1-10-5-6-13-14(9-25-17(13)11(10)2)20-15(22)7-18-26(23,24)16-8-21(4)12(3)19-16/h5-6,8,14,18H,7,9H2,1-4H3,(H,20,22). The maximum Gasteiger partial charge on any atom is 0.260 e. The number of aryl methyl sites for hydroxylation is 3. The molecule has 2 aromatic rings. The lowest BCUT2D eigenvalue weighted by atomic mass is 10.0. The molecule has 0 fully saturated rings. The van der Waals surface area contributed by atoms with Crippen LogP contribution in [-0.2, 0) is 21.9 Å². The van der Waals surface area contributed by atoms with E-state index in [4.69, 9.17) is 4.74 Å². The van der Waals surface area contributed by atoms with E-state index in [-0.39, 0.29) is 17.6 Å². The molecule has 1 aliphatic rings. The van der Waals surface area contributed by atoms with Crippen LogP contribution in [0.4, 0.5) is 0 Å². The molecule has 0 saturated heterocycles. The van der Waals surface area contributed by atoms with Gasteiger partial charge in [-0.25, -0.2) is 18.1 Å². The van der Waals surface area contributed by atoms with Gasteiger partial charge >= 0.3 is 0 Å². The van der Waals surface area contributed by atoms with Crippen LogP contribution in [0.2, 0.25) is 0 Å². The largest absolute Gasteiger partial charge is 0.490 e. The Kier molecular flexibility index (Phi) is 4.76. The number of aromatic nitrogens is 2. The van der Waals surface area contributed by atoms with Gasteiger partial charge in [-0.05, 0) is 31.9 Å². The third-order valence-electron chi connectivity index (χ3n) is 4.60. The average molecular weight is 378 g/mol. The maximum atomic E-state index is 12.2. The lowest BCUT2D eigenvalue weighted by Crippen LogP contribution is -2.39. The first kappa shape index (κ1) is 18.4. The van der Waals surface area contributed by atoms with Gasteiger partial charge in [-0.3, -0.25) is 4.79 Å². The number of carbonyl (C=O) groups is 1. The van der Waals surface area contributed by atoms with Crippen molar-refractivity contribution in [3.63, 3.8) is 0 Å². The van der Waals surface area contributed by atoms with Gasteiger partial charge in [0, 0.05) is 18.8 Å². The Balaban J connectivity index is 1.63. The minimum absolute atomic E-state index is 0.106. The van der Waals surface area contributed by atoms with Crippen molar-refractivity contribution in [3.8, 4) is 5.75 Å². The molecule has 3 rings (SSSR count). The summed E-state index contributed by atoms with van der Waals surface area (Å²) in [6.45, 7) is 5.64. The molecule has 1 aliphatic heterocycles. The molecule has 0 spiro atoms. The molecule has 0 aliphatic carbocycles. The minimum atomic E-state index is -3.84. The first-order valence-electron chi connectivity index (χ1n) is 8.21. The molecule has 0 saturated carbocycles. The predicted molar refractivity (Wildman–Crippen MR) is 95.4 cm³/mol. The zero-order chi connectivity index (χ0) is 19.1. The van der Waals surface area contributed by atoms with Gasteiger partial charge in [-0.1, -0.05) is 12.1 Å². The van der Waals surface area contributed by atoms with Crippen LogP contribution in [0.15, 0.2) is 23.4 Å². The van der Waals surface area contributed by atoms with Crippen molar-refractivity contribution < 1.29 is 17.9 Å². The number of benzene rings is 1. The Morgan fingerprint density at radius 2 is 2.08 bits per heavy atom. The fourth-order valence-electron chi connectivity index (χ4n) is 2.79. The number of fused-ring (bicyclic) bond motifs is 1. The van der Waals surface area contributed by atoms with Crippen LogP contribution < -0.4 is 14.8 Å². The monoisotopic (exact) mass is 378 g/mol. The fourth-order valence-corrected chi connectivity index (χ4v) is 3.81. The first-order chi connectivity index (χ1) is 12.2. The molecular formula is C17H22N4O4S. The summed E-state index contributed by atoms with van der Waals surface area (Å²) in [5, 5.41) is 2.70. The van der Waals surface area contributed by atoms with Crippen molar-refractivity contribution in [3.05, 3.63) is 40.8 Å². The number of carbonyl (C=O) groups excluding carboxylic acids is 1. The van der Waals surface area contributed by atoms with E-state index in [1.807, 2.05) is 26.0 Å². The molecule has 2 N–H and O–H groups in total. The van der Waals surface area contributed by atoms with Crippen molar-refractivity contribution in [2.45, 2.75) is 31.8 Å². The number of amides is 1. The van der Waals surface area contributed by atoms with Gasteiger partial charge in [0.05, 0.1) is 12.6 Å². The van der Waals surface area contributed by atoms with Gasteiger partial charge in [-0.2, -0.15) is 0 Å². The highest BCUT2D eigenvalue weighted by Gasteiger charge is 2.28. The number of nitrogens with zero attached hydrogens (tertiary/aromatic N) is 2. The van der Waals surface area contributed by atoms with Crippen molar-refractivity contribution in [2.75, 3.05) is 13.2 Å². The normalized spacial score (nSPS) is 16.2. The minimum Gasteiger partial charge on any atom is -0.490 e. The molecule has 9 heteroatoms. The zero-order valence-electron chi connectivity index (χ0n) is 15.2. The number of hydrogen-bond acceptors (Lipinski definition) is 5. The number of sulfonamides is 1. The van der Waals surface area contributed by atoms with Crippen molar-refractivity contribution in [1.82, 2.24) is 19.6 Å². The van der Waals surface area contributed by atoms with Crippen LogP contribution in [0, 0.1) is 20.8 Å². The maximum absolute atomic E-state index is 12.2. The molecular weight excluding hydrogens is 356 g/mol. The molecule has 0 radical (unpaired) electrons. The van der Waals surface area contributed by atoms with E-state index >= 15 is 0 Å². The smallest absolute Gasteiger partial charge is 0.260 e. The molecule has 1 amide bonds. The van der Waals surface area contributed by atoms with Crippen LogP contribution in [0.1, 0.15) is 28.6 Å². The van der Waals surface area contributed by atoms with Crippen LogP contribution in [-0.4, -0.2) is 37.0 Å². The second-order valence-electron chi connectivity index (χ2n) is 6.42. The Hall–Kier alpha value is -2.39. The van der Waals surface area contributed by atoms with E-state index in [2.05, 4.69) is 15.0 Å². The Labute approximate surface area is 152 Å². The third-order valence-corrected chi connectivity index (χ3v) is 5.87. The van der Waals surface area contributed by atoms with Gasteiger partial charge in [0.1, 0.15) is 18.2 Å². The topological polar surface area (TPSA) is 102 Å². The Bertz CT molecular complexity index is 946. The zero-order valence-corrected chi connectivity index (χ0v) is 16.0. The van der Waals surface area contributed by atoms with Crippen LogP contribution in [0.3, 0.4) is 0 Å². The molecule has 8 nitrogen and oxygen atoms in total. The average Bonchev–Trinajstić information content (AvgIpc) is 3.14. The van der Waals surface area contributed by atoms with Gasteiger partial charge in [0.2, 0.25) is 5.91 Å². The summed E-state index contributed by atoms with van der Waals surface area (Å²) in [6, 6.07) is 3.61. The summed E-state index contributed by atoms with van der Waals surface area (Å²) in [7, 11) is -2.13. The van der Waals surface area contributed by atoms with Crippen molar-refractivity contribution >= 4 is 15.9 Å². The van der Waals surface area contributed by atoms with Gasteiger partial charge in [-0.15, -0.1) is 0 Å². The Morgan fingerprint density at radius 3 is 2.73 bits per heavy atom. The summed E-state index contributed by atoms with van der Waals surface area (Å²) in [5.41, 5.74) is 3.07. The van der Waals surface area contributed by atoms with Crippen LogP contribution in [0.5, 0.6) is 5.75 Å². The number of imidazole rings is 1. The summed E-state index contributed by atoms with van der Waals surface area (Å²) in [4.78, 5) is 16.2. The third kappa shape index (κ3) is 3.45. The number of ether oxygens (including phenoxy) is 1. The molecule has 2 heterocycles. The van der Waals surface area contributed by atoms with Crippen LogP contribution in [0.25, 0.3) is 0 Å². The summed E-state index contributed by atoms with van der Waals surface area (Å²) < 4.78 is 34.0. The highest BCUT2D eigenvalue weighted by atomic mass is 32.2. The summed E-state index contributed by atoms with van der Waals surface area (Å²) >= 11 is 0. The molecule has 1 unspecified atom stereocenters. The summed E-state index contributed by atoms with van der Waals surface area (Å²) in [5.74, 6) is 0.931. The van der Waals surface area contributed by atoms with E-state index in [0.29, 0.717) is 12.4 Å². The molecule has 140 valence electrons. The lowest BCUT2D eigenvalue weighted by molar-refractivity contribution is -0.120. The molecule has 26 heavy (non-hydrogen) atoms. The van der Waals surface area contributed by atoms with E-state index in [1.165, 1.54) is 6.20 Å². The lowest BCUT2D eigenvalue weighted by Gasteiger charge is -2.12. The quantitative estimate of drug-likeness (QED) is 0.804. The van der Waals surface area contributed by atoms with Crippen molar-refractivity contribution in [1.29, 1.82) is 0 Å². The highest BCUT2D eigenvalue weighted by Crippen LogP contribution is 2.36. The molecule has 1 aromatic carbocycles. The summed E-state index contributed by atoms with van der Waals surface area (Å²) in [6.07, 6.45) is 1.40. The van der Waals surface area contributed by atoms with Gasteiger partial charge in [0.25, 0.3) is 10.0 Å². The Morgan fingerprint density at radius 1 is 1.35 bits per heavy atom. The number of hydrogen-bond donors (Lipinski definition) is 2. The number of nitrogens with one attached hydrogen (secondary N) is 2. The molecule has 0 bridgehead atoms. The fraction of sp³-hybridized carbons (Fsp3) is 0.412.